The van der Waals surface area contributed by atoms with Crippen LogP contribution in [0.25, 0.3) is 0 Å². The van der Waals surface area contributed by atoms with Crippen LogP contribution in [-0.4, -0.2) is 18.5 Å². The molecule has 2 rings (SSSR count). The van der Waals surface area contributed by atoms with Gasteiger partial charge in [0.05, 0.1) is 5.92 Å². The quantitative estimate of drug-likeness (QED) is 0.839. The minimum absolute atomic E-state index is 0.0428. The van der Waals surface area contributed by atoms with Crippen LogP contribution in [0.3, 0.4) is 0 Å². The van der Waals surface area contributed by atoms with Gasteiger partial charge in [0.1, 0.15) is 0 Å². The highest BCUT2D eigenvalue weighted by Crippen LogP contribution is 2.31. The number of aryl methyl sites for hydroxylation is 1. The van der Waals surface area contributed by atoms with E-state index in [1.807, 2.05) is 43.0 Å². The zero-order valence-electron chi connectivity index (χ0n) is 9.81. The molecule has 0 spiro atoms. The van der Waals surface area contributed by atoms with Crippen LogP contribution in [-0.2, 0) is 4.79 Å². The van der Waals surface area contributed by atoms with E-state index in [0.29, 0.717) is 6.54 Å². The Labute approximate surface area is 96.2 Å². The van der Waals surface area contributed by atoms with Crippen molar-refractivity contribution in [2.24, 2.45) is 11.7 Å². The van der Waals surface area contributed by atoms with Crippen molar-refractivity contribution in [1.82, 2.24) is 0 Å². The Morgan fingerprint density at radius 2 is 2.00 bits per heavy atom. The minimum Gasteiger partial charge on any atom is -0.327 e. The molecule has 1 amide bonds. The highest BCUT2D eigenvalue weighted by Gasteiger charge is 2.42. The molecule has 1 aliphatic carbocycles. The average molecular weight is 218 g/mol. The SMILES string of the molecule is CCN(C(=O)C1CC1N)c1ccc(C)cc1. The molecule has 1 aromatic carbocycles. The van der Waals surface area contributed by atoms with Crippen molar-refractivity contribution >= 4 is 11.6 Å². The Balaban J connectivity index is 2.15. The zero-order valence-corrected chi connectivity index (χ0v) is 9.81. The lowest BCUT2D eigenvalue weighted by Crippen LogP contribution is -2.33. The Hall–Kier alpha value is -1.35. The Morgan fingerprint density at radius 1 is 1.44 bits per heavy atom. The largest absolute Gasteiger partial charge is 0.327 e. The number of benzene rings is 1. The maximum Gasteiger partial charge on any atom is 0.231 e. The normalized spacial score (nSPS) is 22.9. The lowest BCUT2D eigenvalue weighted by molar-refractivity contribution is -0.119. The smallest absolute Gasteiger partial charge is 0.231 e. The van der Waals surface area contributed by atoms with Gasteiger partial charge in [-0.3, -0.25) is 4.79 Å². The third kappa shape index (κ3) is 2.09. The van der Waals surface area contributed by atoms with Crippen LogP contribution in [0.2, 0.25) is 0 Å². The van der Waals surface area contributed by atoms with E-state index in [-0.39, 0.29) is 17.9 Å². The van der Waals surface area contributed by atoms with Crippen molar-refractivity contribution in [2.45, 2.75) is 26.3 Å². The predicted octanol–water partition coefficient (Wildman–Crippen LogP) is 1.70. The van der Waals surface area contributed by atoms with Gasteiger partial charge in [-0.2, -0.15) is 0 Å². The number of rotatable bonds is 3. The molecule has 0 aliphatic heterocycles. The second kappa shape index (κ2) is 4.26. The second-order valence-electron chi connectivity index (χ2n) is 4.42. The number of nitrogens with two attached hydrogens (primary N) is 1. The second-order valence-corrected chi connectivity index (χ2v) is 4.42. The fraction of sp³-hybridized carbons (Fsp3) is 0.462. The molecular formula is C13H18N2O. The van der Waals surface area contributed by atoms with E-state index in [4.69, 9.17) is 5.73 Å². The first-order chi connectivity index (χ1) is 7.63. The molecule has 0 aromatic heterocycles. The van der Waals surface area contributed by atoms with Gasteiger partial charge in [0.15, 0.2) is 0 Å². The summed E-state index contributed by atoms with van der Waals surface area (Å²) >= 11 is 0. The first-order valence-corrected chi connectivity index (χ1v) is 5.77. The Kier molecular flexibility index (Phi) is 2.97. The van der Waals surface area contributed by atoms with E-state index in [0.717, 1.165) is 12.1 Å². The molecule has 3 heteroatoms. The molecule has 2 unspecified atom stereocenters. The number of hydrogen-bond acceptors (Lipinski definition) is 2. The number of nitrogens with zero attached hydrogens (tertiary/aromatic N) is 1. The number of amides is 1. The van der Waals surface area contributed by atoms with Crippen LogP contribution < -0.4 is 10.6 Å². The number of anilines is 1. The molecule has 86 valence electrons. The lowest BCUT2D eigenvalue weighted by Gasteiger charge is -2.21. The van der Waals surface area contributed by atoms with Crippen LogP contribution >= 0.6 is 0 Å². The van der Waals surface area contributed by atoms with Gasteiger partial charge in [-0.1, -0.05) is 17.7 Å². The van der Waals surface area contributed by atoms with Gasteiger partial charge in [0, 0.05) is 18.3 Å². The van der Waals surface area contributed by atoms with Gasteiger partial charge in [-0.15, -0.1) is 0 Å². The van der Waals surface area contributed by atoms with E-state index in [2.05, 4.69) is 0 Å². The van der Waals surface area contributed by atoms with Crippen molar-refractivity contribution in [3.8, 4) is 0 Å². The third-order valence-electron chi connectivity index (χ3n) is 3.08. The molecule has 0 radical (unpaired) electrons. The zero-order chi connectivity index (χ0) is 11.7. The molecule has 1 aliphatic rings. The molecule has 1 saturated carbocycles. The van der Waals surface area contributed by atoms with Crippen LogP contribution in [0.5, 0.6) is 0 Å². The monoisotopic (exact) mass is 218 g/mol. The molecule has 2 N–H and O–H groups in total. The van der Waals surface area contributed by atoms with Gasteiger partial charge < -0.3 is 10.6 Å². The Morgan fingerprint density at radius 3 is 2.44 bits per heavy atom. The molecule has 1 fully saturated rings. The summed E-state index contributed by atoms with van der Waals surface area (Å²) in [7, 11) is 0. The maximum atomic E-state index is 12.1. The van der Waals surface area contributed by atoms with E-state index in [1.165, 1.54) is 5.56 Å². The summed E-state index contributed by atoms with van der Waals surface area (Å²) in [5.41, 5.74) is 7.89. The van der Waals surface area contributed by atoms with Crippen molar-refractivity contribution < 1.29 is 4.79 Å². The van der Waals surface area contributed by atoms with E-state index in [9.17, 15) is 4.79 Å². The average Bonchev–Trinajstić information content (AvgIpc) is 2.99. The van der Waals surface area contributed by atoms with Gasteiger partial charge in [0.25, 0.3) is 0 Å². The summed E-state index contributed by atoms with van der Waals surface area (Å²) in [5, 5.41) is 0. The summed E-state index contributed by atoms with van der Waals surface area (Å²) in [6, 6.07) is 8.11. The van der Waals surface area contributed by atoms with Gasteiger partial charge in [0.2, 0.25) is 5.91 Å². The topological polar surface area (TPSA) is 46.3 Å². The Bertz CT molecular complexity index is 385. The van der Waals surface area contributed by atoms with Crippen molar-refractivity contribution in [3.05, 3.63) is 29.8 Å². The first-order valence-electron chi connectivity index (χ1n) is 5.77. The standard InChI is InChI=1S/C13H18N2O/c1-3-15(13(16)11-8-12(11)14)10-6-4-9(2)5-7-10/h4-7,11-12H,3,8,14H2,1-2H3. The van der Waals surface area contributed by atoms with Crippen molar-refractivity contribution in [3.63, 3.8) is 0 Å². The molecule has 3 nitrogen and oxygen atoms in total. The fourth-order valence-electron chi connectivity index (χ4n) is 1.89. The fourth-order valence-corrected chi connectivity index (χ4v) is 1.89. The molecule has 0 bridgehead atoms. The maximum absolute atomic E-state index is 12.1. The molecule has 16 heavy (non-hydrogen) atoms. The summed E-state index contributed by atoms with van der Waals surface area (Å²) in [6.07, 6.45) is 0.835. The van der Waals surface area contributed by atoms with Crippen LogP contribution in [0, 0.1) is 12.8 Å². The molecule has 0 heterocycles. The number of carbonyl (C=O) groups excluding carboxylic acids is 1. The lowest BCUT2D eigenvalue weighted by atomic mass is 10.2. The van der Waals surface area contributed by atoms with Gasteiger partial charge >= 0.3 is 0 Å². The first kappa shape index (κ1) is 11.1. The van der Waals surface area contributed by atoms with Crippen molar-refractivity contribution in [1.29, 1.82) is 0 Å². The molecule has 0 saturated heterocycles. The third-order valence-corrected chi connectivity index (χ3v) is 3.08. The number of hydrogen-bond donors (Lipinski definition) is 1. The predicted molar refractivity (Wildman–Crippen MR) is 65.3 cm³/mol. The van der Waals surface area contributed by atoms with Crippen LogP contribution in [0.4, 0.5) is 5.69 Å². The summed E-state index contributed by atoms with van der Waals surface area (Å²) in [6.45, 7) is 4.73. The van der Waals surface area contributed by atoms with Crippen molar-refractivity contribution in [2.75, 3.05) is 11.4 Å². The van der Waals surface area contributed by atoms with Gasteiger partial charge in [-0.25, -0.2) is 0 Å². The van der Waals surface area contributed by atoms with Crippen LogP contribution in [0.15, 0.2) is 24.3 Å². The summed E-state index contributed by atoms with van der Waals surface area (Å²) < 4.78 is 0. The number of carbonyl (C=O) groups is 1. The summed E-state index contributed by atoms with van der Waals surface area (Å²) in [4.78, 5) is 13.9. The van der Waals surface area contributed by atoms with E-state index < -0.39 is 0 Å². The van der Waals surface area contributed by atoms with Crippen LogP contribution in [0.1, 0.15) is 18.9 Å². The van der Waals surface area contributed by atoms with E-state index >= 15 is 0 Å². The molecular weight excluding hydrogens is 200 g/mol. The summed E-state index contributed by atoms with van der Waals surface area (Å²) in [5.74, 6) is 0.208. The molecule has 1 aromatic rings. The highest BCUT2D eigenvalue weighted by molar-refractivity contribution is 5.97. The minimum atomic E-state index is 0.0428. The molecule has 2 atom stereocenters. The van der Waals surface area contributed by atoms with Gasteiger partial charge in [-0.05, 0) is 32.4 Å². The highest BCUT2D eigenvalue weighted by atomic mass is 16.2. The van der Waals surface area contributed by atoms with E-state index in [1.54, 1.807) is 0 Å².